The van der Waals surface area contributed by atoms with Crippen LogP contribution in [-0.4, -0.2) is 33.2 Å². The molecule has 3 aromatic rings. The van der Waals surface area contributed by atoms with Crippen LogP contribution in [0.2, 0.25) is 0 Å². The molecular weight excluding hydrogens is 404 g/mol. The molecule has 8 heteroatoms. The van der Waals surface area contributed by atoms with Gasteiger partial charge in [-0.15, -0.1) is 10.2 Å². The highest BCUT2D eigenvalue weighted by atomic mass is 16.2. The third-order valence-electron chi connectivity index (χ3n) is 5.52. The molecule has 1 aliphatic heterocycles. The lowest BCUT2D eigenvalue weighted by Gasteiger charge is -2.10. The molecule has 0 aliphatic carbocycles. The first kappa shape index (κ1) is 21.5. The summed E-state index contributed by atoms with van der Waals surface area (Å²) in [6, 6.07) is 15.1. The number of carbonyl (C=O) groups is 2. The molecule has 0 bridgehead atoms. The lowest BCUT2D eigenvalue weighted by Crippen LogP contribution is -2.39. The van der Waals surface area contributed by atoms with E-state index in [0.717, 1.165) is 48.6 Å². The first-order valence-corrected chi connectivity index (χ1v) is 11.0. The van der Waals surface area contributed by atoms with Crippen molar-refractivity contribution in [2.24, 2.45) is 0 Å². The van der Waals surface area contributed by atoms with Crippen LogP contribution in [0.15, 0.2) is 48.5 Å². The molecule has 0 radical (unpaired) electrons. The van der Waals surface area contributed by atoms with E-state index in [4.69, 9.17) is 0 Å². The van der Waals surface area contributed by atoms with E-state index in [-0.39, 0.29) is 18.5 Å². The van der Waals surface area contributed by atoms with Crippen LogP contribution < -0.4 is 16.0 Å². The van der Waals surface area contributed by atoms with E-state index in [1.54, 1.807) is 0 Å². The molecule has 0 atom stereocenters. The van der Waals surface area contributed by atoms with E-state index >= 15 is 0 Å². The van der Waals surface area contributed by atoms with Crippen LogP contribution in [0.4, 0.5) is 10.5 Å². The van der Waals surface area contributed by atoms with Gasteiger partial charge in [0.25, 0.3) is 0 Å². The minimum absolute atomic E-state index is 0.112. The topological polar surface area (TPSA) is 101 Å². The maximum Gasteiger partial charge on any atom is 0.315 e. The van der Waals surface area contributed by atoms with Gasteiger partial charge in [-0.2, -0.15) is 0 Å². The van der Waals surface area contributed by atoms with Gasteiger partial charge in [-0.1, -0.05) is 36.2 Å². The molecule has 0 spiro atoms. The number of rotatable bonds is 6. The fraction of sp³-hybridized carbons (Fsp3) is 0.333. The fourth-order valence-corrected chi connectivity index (χ4v) is 3.72. The van der Waals surface area contributed by atoms with E-state index in [0.29, 0.717) is 12.2 Å². The molecule has 0 fully saturated rings. The average molecular weight is 433 g/mol. The van der Waals surface area contributed by atoms with Crippen molar-refractivity contribution in [1.29, 1.82) is 0 Å². The van der Waals surface area contributed by atoms with Crippen molar-refractivity contribution in [2.75, 3.05) is 11.9 Å². The number of carbonyl (C=O) groups excluding carboxylic acids is 2. The van der Waals surface area contributed by atoms with E-state index in [2.05, 4.69) is 30.7 Å². The van der Waals surface area contributed by atoms with Crippen LogP contribution in [0, 0.1) is 6.92 Å². The summed E-state index contributed by atoms with van der Waals surface area (Å²) < 4.78 is 2.19. The van der Waals surface area contributed by atoms with E-state index in [1.807, 2.05) is 55.5 Å². The minimum atomic E-state index is -0.386. The molecule has 166 valence electrons. The molecule has 8 nitrogen and oxygen atoms in total. The lowest BCUT2D eigenvalue weighted by atomic mass is 10.1. The summed E-state index contributed by atoms with van der Waals surface area (Å²) in [6.45, 7) is 3.24. The summed E-state index contributed by atoms with van der Waals surface area (Å²) >= 11 is 0. The molecule has 3 N–H and O–H groups in total. The second-order valence-corrected chi connectivity index (χ2v) is 8.05. The number of fused-ring (bicyclic) bond motifs is 1. The van der Waals surface area contributed by atoms with Crippen LogP contribution in [-0.2, 0) is 24.3 Å². The molecule has 2 aromatic carbocycles. The van der Waals surface area contributed by atoms with Crippen LogP contribution in [0.1, 0.15) is 36.2 Å². The zero-order chi connectivity index (χ0) is 22.3. The normalized spacial score (nSPS) is 13.0. The first-order chi connectivity index (χ1) is 15.6. The Hall–Kier alpha value is -3.68. The predicted molar refractivity (Wildman–Crippen MR) is 123 cm³/mol. The van der Waals surface area contributed by atoms with Crippen LogP contribution in [0.25, 0.3) is 11.4 Å². The number of aromatic nitrogens is 3. The Balaban J connectivity index is 1.25. The maximum atomic E-state index is 12.2. The Morgan fingerprint density at radius 2 is 1.72 bits per heavy atom. The monoisotopic (exact) mass is 432 g/mol. The molecule has 4 rings (SSSR count). The first-order valence-electron chi connectivity index (χ1n) is 11.0. The van der Waals surface area contributed by atoms with Crippen molar-refractivity contribution in [3.05, 3.63) is 65.5 Å². The van der Waals surface area contributed by atoms with Crippen molar-refractivity contribution >= 4 is 17.6 Å². The van der Waals surface area contributed by atoms with E-state index < -0.39 is 0 Å². The third kappa shape index (κ3) is 5.51. The van der Waals surface area contributed by atoms with Crippen LogP contribution in [0.5, 0.6) is 0 Å². The molecule has 1 aromatic heterocycles. The van der Waals surface area contributed by atoms with Crippen molar-refractivity contribution in [2.45, 2.75) is 45.7 Å². The molecule has 3 amide bonds. The van der Waals surface area contributed by atoms with Gasteiger partial charge in [-0.3, -0.25) is 4.79 Å². The number of hydrogen-bond acceptors (Lipinski definition) is 4. The van der Waals surface area contributed by atoms with Crippen molar-refractivity contribution in [3.63, 3.8) is 0 Å². The van der Waals surface area contributed by atoms with Gasteiger partial charge in [0.05, 0.1) is 6.54 Å². The predicted octanol–water partition coefficient (Wildman–Crippen LogP) is 3.42. The molecule has 0 saturated heterocycles. The van der Waals surface area contributed by atoms with Gasteiger partial charge in [0, 0.05) is 30.8 Å². The number of urea groups is 1. The Kier molecular flexibility index (Phi) is 6.79. The maximum absolute atomic E-state index is 12.2. The molecule has 2 heterocycles. The molecule has 0 saturated carbocycles. The zero-order valence-electron chi connectivity index (χ0n) is 18.2. The summed E-state index contributed by atoms with van der Waals surface area (Å²) in [5.41, 5.74) is 3.80. The summed E-state index contributed by atoms with van der Waals surface area (Å²) in [6.07, 6.45) is 4.47. The quantitative estimate of drug-likeness (QED) is 0.556. The summed E-state index contributed by atoms with van der Waals surface area (Å²) in [7, 11) is 0. The fourth-order valence-electron chi connectivity index (χ4n) is 3.72. The second kappa shape index (κ2) is 10.1. The molecule has 1 aliphatic rings. The number of nitrogens with zero attached hydrogens (tertiary/aromatic N) is 3. The minimum Gasteiger partial charge on any atom is -0.334 e. The smallest absolute Gasteiger partial charge is 0.315 e. The van der Waals surface area contributed by atoms with Gasteiger partial charge in [0.1, 0.15) is 5.82 Å². The second-order valence-electron chi connectivity index (χ2n) is 8.05. The van der Waals surface area contributed by atoms with Gasteiger partial charge in [0.2, 0.25) is 5.91 Å². The van der Waals surface area contributed by atoms with Gasteiger partial charge in [-0.25, -0.2) is 4.79 Å². The van der Waals surface area contributed by atoms with Gasteiger partial charge in [0.15, 0.2) is 5.82 Å². The molecule has 0 unspecified atom stereocenters. The summed E-state index contributed by atoms with van der Waals surface area (Å²) in [5.74, 6) is 1.62. The average Bonchev–Trinajstić information content (AvgIpc) is 3.05. The Bertz CT molecular complexity index is 1070. The van der Waals surface area contributed by atoms with Gasteiger partial charge in [-0.05, 0) is 49.6 Å². The number of amides is 3. The van der Waals surface area contributed by atoms with Crippen LogP contribution in [0.3, 0.4) is 0 Å². The number of nitrogens with one attached hydrogen (secondary N) is 3. The summed E-state index contributed by atoms with van der Waals surface area (Å²) in [4.78, 5) is 24.1. The Morgan fingerprint density at radius 3 is 2.50 bits per heavy atom. The van der Waals surface area contributed by atoms with Crippen molar-refractivity contribution in [3.8, 4) is 11.4 Å². The highest BCUT2D eigenvalue weighted by Crippen LogP contribution is 2.23. The van der Waals surface area contributed by atoms with Gasteiger partial charge >= 0.3 is 6.03 Å². The molecular formula is C24H28N6O2. The highest BCUT2D eigenvalue weighted by molar-refractivity contribution is 5.94. The largest absolute Gasteiger partial charge is 0.334 e. The van der Waals surface area contributed by atoms with Crippen molar-refractivity contribution in [1.82, 2.24) is 25.4 Å². The van der Waals surface area contributed by atoms with Crippen molar-refractivity contribution < 1.29 is 9.59 Å². The third-order valence-corrected chi connectivity index (χ3v) is 5.52. The van der Waals surface area contributed by atoms with Gasteiger partial charge < -0.3 is 20.5 Å². The number of hydrogen-bond donors (Lipinski definition) is 3. The highest BCUT2D eigenvalue weighted by Gasteiger charge is 2.16. The zero-order valence-corrected chi connectivity index (χ0v) is 18.2. The number of anilines is 1. The van der Waals surface area contributed by atoms with Crippen LogP contribution >= 0.6 is 0 Å². The summed E-state index contributed by atoms with van der Waals surface area (Å²) in [5, 5.41) is 16.8. The number of benzene rings is 2. The Morgan fingerprint density at radius 1 is 0.938 bits per heavy atom. The Labute approximate surface area is 187 Å². The van der Waals surface area contributed by atoms with E-state index in [9.17, 15) is 9.59 Å². The lowest BCUT2D eigenvalue weighted by molar-refractivity contribution is -0.115. The van der Waals surface area contributed by atoms with E-state index in [1.165, 1.54) is 12.0 Å². The molecule has 32 heavy (non-hydrogen) atoms. The SMILES string of the molecule is Cc1ccc(CNC(=O)NCC(=O)Nc2ccc(-c3nnc4n3CCCCC4)cc2)cc1. The number of aryl methyl sites for hydroxylation is 2. The standard InChI is InChI=1S/C24H28N6O2/c1-17-6-8-18(9-7-17)15-25-24(32)26-16-22(31)27-20-12-10-19(11-13-20)23-29-28-21-5-3-2-4-14-30(21)23/h6-13H,2-5,14-16H2,1H3,(H,27,31)(H2,25,26,32).